The van der Waals surface area contributed by atoms with E-state index in [0.29, 0.717) is 24.3 Å². The summed E-state index contributed by atoms with van der Waals surface area (Å²) in [5.41, 5.74) is 0.999. The van der Waals surface area contributed by atoms with Crippen molar-refractivity contribution < 1.29 is 43.3 Å². The molecule has 3 amide bonds. The number of aliphatic carboxylic acids is 1. The lowest BCUT2D eigenvalue weighted by atomic mass is 9.93. The number of hydrogen-bond donors (Lipinski definition) is 3. The number of nitrogens with zero attached hydrogens (tertiary/aromatic N) is 2. The standard InChI is InChI=1S/C37H54N4O9S/c1-9-24(6)33(38-20-42)36(46)41(21-49-32(44)15-22(2)3)30(23(4)5)18-31(50-26(8)43)35-40-29(19-51-35)34(45)39-28(16-25(7)37(47)48)17-27-13-11-10-12-14-27/h10-14,19-20,22-25,28,30-31,33H,9,15-18,21H2,1-8H3,(H,38,42)(H,39,45)(H,47,48)/t24-,25-,28+,30+,31+,33-/m0/s1. The van der Waals surface area contributed by atoms with Crippen LogP contribution in [-0.4, -0.2) is 76.0 Å². The number of aromatic nitrogens is 1. The highest BCUT2D eigenvalue weighted by Crippen LogP contribution is 2.31. The summed E-state index contributed by atoms with van der Waals surface area (Å²) in [7, 11) is 0. The van der Waals surface area contributed by atoms with E-state index in [1.165, 1.54) is 17.2 Å². The van der Waals surface area contributed by atoms with E-state index in [-0.39, 0.29) is 49.4 Å². The Hall–Kier alpha value is -4.33. The van der Waals surface area contributed by atoms with Gasteiger partial charge in [0.25, 0.3) is 5.91 Å². The number of rotatable bonds is 22. The van der Waals surface area contributed by atoms with Crippen molar-refractivity contribution in [2.45, 2.75) is 112 Å². The molecule has 14 heteroatoms. The SMILES string of the molecule is CC[C@H](C)[C@H](NC=O)C(=O)N(COC(=O)CC(C)C)[C@H](C[C@@H](OC(C)=O)c1nc(C(=O)N[C@@H](Cc2ccccc2)C[C@H](C)C(=O)O)cs1)C(C)C. The Balaban J connectivity index is 2.44. The summed E-state index contributed by atoms with van der Waals surface area (Å²) in [6.07, 6.45) is 0.898. The molecular formula is C37H54N4O9S. The van der Waals surface area contributed by atoms with E-state index < -0.39 is 59.9 Å². The van der Waals surface area contributed by atoms with Crippen LogP contribution in [0.3, 0.4) is 0 Å². The molecule has 2 aromatic rings. The molecular weight excluding hydrogens is 676 g/mol. The van der Waals surface area contributed by atoms with E-state index in [9.17, 15) is 33.9 Å². The van der Waals surface area contributed by atoms with Crippen molar-refractivity contribution in [1.82, 2.24) is 20.5 Å². The Morgan fingerprint density at radius 2 is 1.69 bits per heavy atom. The molecule has 13 nitrogen and oxygen atoms in total. The first-order valence-electron chi connectivity index (χ1n) is 17.4. The van der Waals surface area contributed by atoms with Gasteiger partial charge in [-0.2, -0.15) is 0 Å². The lowest BCUT2D eigenvalue weighted by Crippen LogP contribution is -2.55. The second-order valence-electron chi connectivity index (χ2n) is 13.8. The number of carbonyl (C=O) groups is 6. The highest BCUT2D eigenvalue weighted by atomic mass is 32.1. The monoisotopic (exact) mass is 730 g/mol. The molecule has 282 valence electrons. The van der Waals surface area contributed by atoms with Gasteiger partial charge in [0, 0.05) is 37.2 Å². The minimum atomic E-state index is -0.976. The fourth-order valence-corrected chi connectivity index (χ4v) is 6.46. The third kappa shape index (κ3) is 14.1. The van der Waals surface area contributed by atoms with Crippen molar-refractivity contribution in [1.29, 1.82) is 0 Å². The van der Waals surface area contributed by atoms with Crippen molar-refractivity contribution in [3.63, 3.8) is 0 Å². The number of hydrogen-bond acceptors (Lipinski definition) is 10. The van der Waals surface area contributed by atoms with Crippen molar-refractivity contribution in [2.75, 3.05) is 6.73 Å². The highest BCUT2D eigenvalue weighted by molar-refractivity contribution is 7.09. The maximum Gasteiger partial charge on any atom is 0.307 e. The van der Waals surface area contributed by atoms with Crippen molar-refractivity contribution >= 4 is 47.5 Å². The largest absolute Gasteiger partial charge is 0.481 e. The summed E-state index contributed by atoms with van der Waals surface area (Å²) in [6, 6.07) is 7.37. The van der Waals surface area contributed by atoms with Gasteiger partial charge in [-0.25, -0.2) is 4.98 Å². The average Bonchev–Trinajstić information content (AvgIpc) is 3.56. The maximum atomic E-state index is 14.1. The van der Waals surface area contributed by atoms with Gasteiger partial charge in [0.05, 0.1) is 5.92 Å². The molecule has 0 aliphatic rings. The molecule has 51 heavy (non-hydrogen) atoms. The van der Waals surface area contributed by atoms with Crippen LogP contribution in [0.5, 0.6) is 0 Å². The predicted molar refractivity (Wildman–Crippen MR) is 192 cm³/mol. The van der Waals surface area contributed by atoms with E-state index in [1.807, 2.05) is 71.9 Å². The Kier molecular flexibility index (Phi) is 17.7. The van der Waals surface area contributed by atoms with Gasteiger partial charge in [0.2, 0.25) is 12.3 Å². The first kappa shape index (κ1) is 42.8. The van der Waals surface area contributed by atoms with E-state index in [4.69, 9.17) is 9.47 Å². The number of thiazole rings is 1. The number of carboxylic acid groups (broad SMARTS) is 1. The van der Waals surface area contributed by atoms with Crippen LogP contribution in [0, 0.1) is 23.7 Å². The Morgan fingerprint density at radius 3 is 2.24 bits per heavy atom. The molecule has 0 aliphatic carbocycles. The van der Waals surface area contributed by atoms with E-state index >= 15 is 0 Å². The zero-order valence-corrected chi connectivity index (χ0v) is 31.7. The van der Waals surface area contributed by atoms with E-state index in [2.05, 4.69) is 15.6 Å². The second kappa shape index (κ2) is 21.1. The molecule has 0 saturated carbocycles. The number of ether oxygens (including phenoxy) is 2. The van der Waals surface area contributed by atoms with Crippen LogP contribution in [-0.2, 0) is 39.9 Å². The van der Waals surface area contributed by atoms with Crippen LogP contribution in [0.4, 0.5) is 0 Å². The number of carbonyl (C=O) groups excluding carboxylic acids is 5. The first-order valence-corrected chi connectivity index (χ1v) is 18.3. The topological polar surface area (TPSA) is 181 Å². The molecule has 1 aromatic carbocycles. The molecule has 2 rings (SSSR count). The van der Waals surface area contributed by atoms with Crippen LogP contribution >= 0.6 is 11.3 Å². The van der Waals surface area contributed by atoms with Crippen molar-refractivity contribution in [3.8, 4) is 0 Å². The predicted octanol–water partition coefficient (Wildman–Crippen LogP) is 5.15. The van der Waals surface area contributed by atoms with E-state index in [1.54, 1.807) is 6.92 Å². The highest BCUT2D eigenvalue weighted by Gasteiger charge is 2.37. The molecule has 0 saturated heterocycles. The molecule has 0 aliphatic heterocycles. The number of esters is 2. The molecule has 0 unspecified atom stereocenters. The number of benzene rings is 1. The zero-order valence-electron chi connectivity index (χ0n) is 30.9. The fourth-order valence-electron chi connectivity index (χ4n) is 5.62. The molecule has 0 bridgehead atoms. The van der Waals surface area contributed by atoms with Gasteiger partial charge in [-0.15, -0.1) is 11.3 Å². The zero-order chi connectivity index (χ0) is 38.2. The van der Waals surface area contributed by atoms with Crippen molar-refractivity contribution in [2.24, 2.45) is 23.7 Å². The van der Waals surface area contributed by atoms with Gasteiger partial charge in [0.15, 0.2) is 12.8 Å². The van der Waals surface area contributed by atoms with Gasteiger partial charge >= 0.3 is 17.9 Å². The lowest BCUT2D eigenvalue weighted by molar-refractivity contribution is -0.160. The Labute approximate surface area is 304 Å². The van der Waals surface area contributed by atoms with Gasteiger partial charge in [-0.05, 0) is 36.2 Å². The Bertz CT molecular complexity index is 1450. The second-order valence-corrected chi connectivity index (χ2v) is 14.6. The van der Waals surface area contributed by atoms with Gasteiger partial charge < -0.3 is 30.1 Å². The van der Waals surface area contributed by atoms with Gasteiger partial charge in [0.1, 0.15) is 16.7 Å². The van der Waals surface area contributed by atoms with Crippen LogP contribution in [0.2, 0.25) is 0 Å². The molecule has 0 spiro atoms. The fraction of sp³-hybridized carbons (Fsp3) is 0.595. The lowest BCUT2D eigenvalue weighted by Gasteiger charge is -2.38. The molecule has 0 radical (unpaired) electrons. The smallest absolute Gasteiger partial charge is 0.307 e. The summed E-state index contributed by atoms with van der Waals surface area (Å²) in [4.78, 5) is 81.7. The summed E-state index contributed by atoms with van der Waals surface area (Å²) in [6.45, 7) is 13.7. The normalized spacial score (nSPS) is 14.8. The molecule has 3 N–H and O–H groups in total. The first-order chi connectivity index (χ1) is 24.1. The maximum absolute atomic E-state index is 14.1. The minimum Gasteiger partial charge on any atom is -0.481 e. The van der Waals surface area contributed by atoms with Crippen LogP contribution in [0.15, 0.2) is 35.7 Å². The third-order valence-corrected chi connectivity index (χ3v) is 9.57. The molecule has 1 heterocycles. The average molecular weight is 731 g/mol. The summed E-state index contributed by atoms with van der Waals surface area (Å²) in [5.74, 6) is -4.16. The third-order valence-electron chi connectivity index (χ3n) is 8.63. The van der Waals surface area contributed by atoms with E-state index in [0.717, 1.165) is 16.9 Å². The summed E-state index contributed by atoms with van der Waals surface area (Å²) in [5, 5.41) is 16.9. The number of nitrogens with one attached hydrogen (secondary N) is 2. The number of carboxylic acids is 1. The minimum absolute atomic E-state index is 0.0333. The van der Waals surface area contributed by atoms with Crippen LogP contribution in [0.1, 0.15) is 108 Å². The molecule has 6 atom stereocenters. The Morgan fingerprint density at radius 1 is 1.02 bits per heavy atom. The van der Waals surface area contributed by atoms with Crippen molar-refractivity contribution in [3.05, 3.63) is 52.0 Å². The van der Waals surface area contributed by atoms with Crippen LogP contribution in [0.25, 0.3) is 0 Å². The van der Waals surface area contributed by atoms with Crippen LogP contribution < -0.4 is 10.6 Å². The number of amides is 3. The quantitative estimate of drug-likeness (QED) is 0.0833. The summed E-state index contributed by atoms with van der Waals surface area (Å²) >= 11 is 1.11. The van der Waals surface area contributed by atoms with Gasteiger partial charge in [-0.3, -0.25) is 28.8 Å². The molecule has 1 aromatic heterocycles. The molecule has 0 fully saturated rings. The summed E-state index contributed by atoms with van der Waals surface area (Å²) < 4.78 is 11.3. The van der Waals surface area contributed by atoms with Gasteiger partial charge in [-0.1, -0.05) is 85.2 Å².